The van der Waals surface area contributed by atoms with Crippen LogP contribution in [0.25, 0.3) is 0 Å². The number of pyridine rings is 1. The van der Waals surface area contributed by atoms with Crippen LogP contribution in [0.1, 0.15) is 35.7 Å². The molecule has 0 aliphatic carbocycles. The fourth-order valence-electron chi connectivity index (χ4n) is 1.81. The fraction of sp³-hybridized carbons (Fsp3) is 0.333. The van der Waals surface area contributed by atoms with Crippen LogP contribution in [-0.2, 0) is 6.54 Å². The lowest BCUT2D eigenvalue weighted by molar-refractivity contribution is 0.0937. The number of aromatic nitrogens is 3. The zero-order chi connectivity index (χ0) is 15.2. The second-order valence-electron chi connectivity index (χ2n) is 5.03. The maximum atomic E-state index is 12.0. The number of carbonyl (C=O) groups is 1. The van der Waals surface area contributed by atoms with Crippen molar-refractivity contribution in [1.29, 1.82) is 0 Å². The van der Waals surface area contributed by atoms with E-state index in [0.29, 0.717) is 23.9 Å². The van der Waals surface area contributed by atoms with Gasteiger partial charge in [0.1, 0.15) is 17.3 Å². The van der Waals surface area contributed by atoms with Crippen LogP contribution in [0.4, 0.5) is 5.82 Å². The summed E-state index contributed by atoms with van der Waals surface area (Å²) in [6.07, 6.45) is 3.51. The van der Waals surface area contributed by atoms with Gasteiger partial charge in [0.2, 0.25) is 0 Å². The minimum Gasteiger partial charge on any atom is -0.366 e. The van der Waals surface area contributed by atoms with Crippen LogP contribution in [-0.4, -0.2) is 26.9 Å². The van der Waals surface area contributed by atoms with E-state index < -0.39 is 0 Å². The molecule has 0 atom stereocenters. The van der Waals surface area contributed by atoms with Gasteiger partial charge in [0, 0.05) is 31.0 Å². The Balaban J connectivity index is 2.10. The zero-order valence-electron chi connectivity index (χ0n) is 12.4. The Morgan fingerprint density at radius 1 is 1.33 bits per heavy atom. The lowest BCUT2D eigenvalue weighted by Gasteiger charge is -2.10. The summed E-state index contributed by atoms with van der Waals surface area (Å²) in [7, 11) is 0. The molecular formula is C15H19N5O. The number of anilines is 1. The van der Waals surface area contributed by atoms with Crippen LogP contribution in [0.2, 0.25) is 0 Å². The van der Waals surface area contributed by atoms with E-state index in [2.05, 4.69) is 25.6 Å². The van der Waals surface area contributed by atoms with E-state index in [1.54, 1.807) is 25.4 Å². The van der Waals surface area contributed by atoms with E-state index in [1.165, 1.54) is 0 Å². The summed E-state index contributed by atoms with van der Waals surface area (Å²) in [6, 6.07) is 5.57. The van der Waals surface area contributed by atoms with Crippen LogP contribution >= 0.6 is 0 Å². The van der Waals surface area contributed by atoms with Crippen LogP contribution in [0, 0.1) is 6.92 Å². The average Bonchev–Trinajstić information content (AvgIpc) is 2.45. The summed E-state index contributed by atoms with van der Waals surface area (Å²) in [5, 5.41) is 6.00. The van der Waals surface area contributed by atoms with Gasteiger partial charge in [-0.15, -0.1) is 0 Å². The predicted molar refractivity (Wildman–Crippen MR) is 80.9 cm³/mol. The van der Waals surface area contributed by atoms with E-state index in [1.807, 2.05) is 26.0 Å². The molecule has 0 fully saturated rings. The molecule has 6 heteroatoms. The molecule has 0 aromatic carbocycles. The summed E-state index contributed by atoms with van der Waals surface area (Å²) < 4.78 is 0. The van der Waals surface area contributed by atoms with Gasteiger partial charge in [-0.2, -0.15) is 0 Å². The smallest absolute Gasteiger partial charge is 0.270 e. The molecule has 2 aromatic rings. The Kier molecular flexibility index (Phi) is 4.81. The SMILES string of the molecule is Cc1nc(NCc2cccnc2)cc(C(=O)NC(C)C)n1. The van der Waals surface area contributed by atoms with Crippen LogP contribution < -0.4 is 10.6 Å². The van der Waals surface area contributed by atoms with Crippen molar-refractivity contribution in [2.24, 2.45) is 0 Å². The largest absolute Gasteiger partial charge is 0.366 e. The lowest BCUT2D eigenvalue weighted by atomic mass is 10.3. The van der Waals surface area contributed by atoms with E-state index in [4.69, 9.17) is 0 Å². The molecule has 1 amide bonds. The first kappa shape index (κ1) is 14.9. The number of carbonyl (C=O) groups excluding carboxylic acids is 1. The molecule has 0 radical (unpaired) electrons. The molecule has 2 heterocycles. The van der Waals surface area contributed by atoms with Crippen molar-refractivity contribution in [3.63, 3.8) is 0 Å². The number of hydrogen-bond donors (Lipinski definition) is 2. The third-order valence-electron chi connectivity index (χ3n) is 2.69. The molecule has 21 heavy (non-hydrogen) atoms. The molecule has 0 aliphatic heterocycles. The maximum absolute atomic E-state index is 12.0. The van der Waals surface area contributed by atoms with Crippen LogP contribution in [0.5, 0.6) is 0 Å². The van der Waals surface area contributed by atoms with Gasteiger partial charge in [-0.1, -0.05) is 6.07 Å². The fourth-order valence-corrected chi connectivity index (χ4v) is 1.81. The van der Waals surface area contributed by atoms with Gasteiger partial charge in [0.15, 0.2) is 0 Å². The molecule has 2 rings (SSSR count). The first-order valence-electron chi connectivity index (χ1n) is 6.84. The summed E-state index contributed by atoms with van der Waals surface area (Å²) in [4.78, 5) is 24.5. The Hall–Kier alpha value is -2.50. The van der Waals surface area contributed by atoms with Crippen molar-refractivity contribution in [3.8, 4) is 0 Å². The topological polar surface area (TPSA) is 79.8 Å². The minimum atomic E-state index is -0.195. The van der Waals surface area contributed by atoms with Gasteiger partial charge in [-0.25, -0.2) is 9.97 Å². The molecule has 0 unspecified atom stereocenters. The molecule has 0 bridgehead atoms. The average molecular weight is 285 g/mol. The summed E-state index contributed by atoms with van der Waals surface area (Å²) in [6.45, 7) is 6.18. The second kappa shape index (κ2) is 6.78. The highest BCUT2D eigenvalue weighted by Crippen LogP contribution is 2.09. The number of nitrogens with zero attached hydrogens (tertiary/aromatic N) is 3. The van der Waals surface area contributed by atoms with Crippen molar-refractivity contribution in [3.05, 3.63) is 47.7 Å². The highest BCUT2D eigenvalue weighted by molar-refractivity contribution is 5.93. The van der Waals surface area contributed by atoms with Crippen LogP contribution in [0.15, 0.2) is 30.6 Å². The number of hydrogen-bond acceptors (Lipinski definition) is 5. The summed E-state index contributed by atoms with van der Waals surface area (Å²) in [5.74, 6) is 0.986. The van der Waals surface area contributed by atoms with E-state index in [9.17, 15) is 4.79 Å². The Morgan fingerprint density at radius 3 is 2.81 bits per heavy atom. The second-order valence-corrected chi connectivity index (χ2v) is 5.03. The van der Waals surface area contributed by atoms with Gasteiger partial charge >= 0.3 is 0 Å². The molecule has 6 nitrogen and oxygen atoms in total. The Morgan fingerprint density at radius 2 is 2.14 bits per heavy atom. The molecule has 0 saturated carbocycles. The normalized spacial score (nSPS) is 10.5. The molecule has 110 valence electrons. The van der Waals surface area contributed by atoms with Crippen molar-refractivity contribution in [1.82, 2.24) is 20.3 Å². The molecule has 2 aromatic heterocycles. The van der Waals surface area contributed by atoms with Crippen molar-refractivity contribution >= 4 is 11.7 Å². The third-order valence-corrected chi connectivity index (χ3v) is 2.69. The summed E-state index contributed by atoms with van der Waals surface area (Å²) in [5.41, 5.74) is 1.41. The van der Waals surface area contributed by atoms with Crippen molar-refractivity contribution in [2.75, 3.05) is 5.32 Å². The third kappa shape index (κ3) is 4.52. The zero-order valence-corrected chi connectivity index (χ0v) is 12.4. The molecule has 0 saturated heterocycles. The number of aryl methyl sites for hydroxylation is 1. The maximum Gasteiger partial charge on any atom is 0.270 e. The molecular weight excluding hydrogens is 266 g/mol. The predicted octanol–water partition coefficient (Wildman–Crippen LogP) is 1.93. The molecule has 0 aliphatic rings. The standard InChI is InChI=1S/C15H19N5O/c1-10(2)18-15(21)13-7-14(20-11(3)19-13)17-9-12-5-4-6-16-8-12/h4-8,10H,9H2,1-3H3,(H,18,21)(H,17,19,20). The summed E-state index contributed by atoms with van der Waals surface area (Å²) >= 11 is 0. The first-order chi connectivity index (χ1) is 10.0. The van der Waals surface area contributed by atoms with Gasteiger partial charge in [-0.3, -0.25) is 9.78 Å². The van der Waals surface area contributed by atoms with Crippen LogP contribution in [0.3, 0.4) is 0 Å². The van der Waals surface area contributed by atoms with E-state index in [-0.39, 0.29) is 11.9 Å². The monoisotopic (exact) mass is 285 g/mol. The molecule has 0 spiro atoms. The number of nitrogens with one attached hydrogen (secondary N) is 2. The minimum absolute atomic E-state index is 0.0690. The van der Waals surface area contributed by atoms with Crippen molar-refractivity contribution < 1.29 is 4.79 Å². The number of rotatable bonds is 5. The quantitative estimate of drug-likeness (QED) is 0.877. The number of amides is 1. The van der Waals surface area contributed by atoms with E-state index >= 15 is 0 Å². The highest BCUT2D eigenvalue weighted by atomic mass is 16.1. The first-order valence-corrected chi connectivity index (χ1v) is 6.84. The van der Waals surface area contributed by atoms with Gasteiger partial charge in [0.25, 0.3) is 5.91 Å². The Bertz CT molecular complexity index is 613. The van der Waals surface area contributed by atoms with Crippen molar-refractivity contribution in [2.45, 2.75) is 33.4 Å². The van der Waals surface area contributed by atoms with Gasteiger partial charge < -0.3 is 10.6 Å². The highest BCUT2D eigenvalue weighted by Gasteiger charge is 2.11. The van der Waals surface area contributed by atoms with Gasteiger partial charge in [0.05, 0.1) is 0 Å². The Labute approximate surface area is 124 Å². The lowest BCUT2D eigenvalue weighted by Crippen LogP contribution is -2.31. The van der Waals surface area contributed by atoms with E-state index in [0.717, 1.165) is 5.56 Å². The molecule has 2 N–H and O–H groups in total. The van der Waals surface area contributed by atoms with Gasteiger partial charge in [-0.05, 0) is 32.4 Å².